The van der Waals surface area contributed by atoms with Crippen LogP contribution in [0.5, 0.6) is 11.5 Å². The van der Waals surface area contributed by atoms with Crippen molar-refractivity contribution in [3.05, 3.63) is 22.7 Å². The van der Waals surface area contributed by atoms with Gasteiger partial charge in [0.1, 0.15) is 0 Å². The standard InChI is InChI=1S/C13H18ClNO2/c1-17-13-10(11(14)4-5-12(13)16)7-9-3-2-6-15-8-9/h4-5,9,15-16H,2-3,6-8H2,1H3. The van der Waals surface area contributed by atoms with E-state index >= 15 is 0 Å². The maximum absolute atomic E-state index is 9.75. The highest BCUT2D eigenvalue weighted by Gasteiger charge is 2.19. The van der Waals surface area contributed by atoms with Crippen molar-refractivity contribution < 1.29 is 9.84 Å². The number of rotatable bonds is 3. The van der Waals surface area contributed by atoms with Crippen LogP contribution in [0.4, 0.5) is 0 Å². The molecule has 1 aromatic carbocycles. The topological polar surface area (TPSA) is 41.5 Å². The fraction of sp³-hybridized carbons (Fsp3) is 0.538. The second kappa shape index (κ2) is 5.61. The molecule has 17 heavy (non-hydrogen) atoms. The monoisotopic (exact) mass is 255 g/mol. The Morgan fingerprint density at radius 2 is 2.35 bits per heavy atom. The van der Waals surface area contributed by atoms with Crippen molar-refractivity contribution in [3.8, 4) is 11.5 Å². The number of hydrogen-bond acceptors (Lipinski definition) is 3. The summed E-state index contributed by atoms with van der Waals surface area (Å²) in [7, 11) is 1.56. The number of phenols is 1. The van der Waals surface area contributed by atoms with Crippen LogP contribution in [0, 0.1) is 5.92 Å². The molecule has 1 aromatic rings. The third kappa shape index (κ3) is 2.85. The molecular weight excluding hydrogens is 238 g/mol. The molecule has 1 aliphatic rings. The Kier molecular flexibility index (Phi) is 4.13. The SMILES string of the molecule is COc1c(O)ccc(Cl)c1CC1CCCNC1. The first-order valence-electron chi connectivity index (χ1n) is 5.97. The summed E-state index contributed by atoms with van der Waals surface area (Å²) in [4.78, 5) is 0. The van der Waals surface area contributed by atoms with E-state index in [0.717, 1.165) is 25.1 Å². The zero-order valence-corrected chi connectivity index (χ0v) is 10.8. The lowest BCUT2D eigenvalue weighted by Gasteiger charge is -2.24. The van der Waals surface area contributed by atoms with Crippen LogP contribution in [-0.2, 0) is 6.42 Å². The molecule has 1 aliphatic heterocycles. The number of methoxy groups -OCH3 is 1. The second-order valence-electron chi connectivity index (χ2n) is 4.49. The summed E-state index contributed by atoms with van der Waals surface area (Å²) in [5.74, 6) is 1.25. The van der Waals surface area contributed by atoms with Gasteiger partial charge in [0.15, 0.2) is 11.5 Å². The maximum Gasteiger partial charge on any atom is 0.165 e. The molecule has 0 aromatic heterocycles. The predicted molar refractivity (Wildman–Crippen MR) is 69.0 cm³/mol. The van der Waals surface area contributed by atoms with Crippen molar-refractivity contribution in [2.75, 3.05) is 20.2 Å². The van der Waals surface area contributed by atoms with Gasteiger partial charge in [0, 0.05) is 10.6 Å². The molecule has 0 amide bonds. The number of piperidine rings is 1. The lowest BCUT2D eigenvalue weighted by atomic mass is 9.92. The Balaban J connectivity index is 2.21. The highest BCUT2D eigenvalue weighted by molar-refractivity contribution is 6.31. The number of nitrogens with one attached hydrogen (secondary N) is 1. The quantitative estimate of drug-likeness (QED) is 0.872. The number of phenolic OH excluding ortho intramolecular Hbond substituents is 1. The fourth-order valence-electron chi connectivity index (χ4n) is 2.40. The molecule has 4 heteroatoms. The van der Waals surface area contributed by atoms with Crippen molar-refractivity contribution in [1.82, 2.24) is 5.32 Å². The predicted octanol–water partition coefficient (Wildman–Crippen LogP) is 2.60. The van der Waals surface area contributed by atoms with Crippen molar-refractivity contribution in [2.24, 2.45) is 5.92 Å². The van der Waals surface area contributed by atoms with Crippen LogP contribution < -0.4 is 10.1 Å². The van der Waals surface area contributed by atoms with Gasteiger partial charge in [-0.05, 0) is 50.4 Å². The lowest BCUT2D eigenvalue weighted by Crippen LogP contribution is -2.31. The zero-order chi connectivity index (χ0) is 12.3. The molecule has 1 saturated heterocycles. The summed E-state index contributed by atoms with van der Waals surface area (Å²) >= 11 is 6.19. The van der Waals surface area contributed by atoms with Gasteiger partial charge in [-0.3, -0.25) is 0 Å². The Morgan fingerprint density at radius 1 is 1.53 bits per heavy atom. The molecule has 0 saturated carbocycles. The molecule has 0 spiro atoms. The van der Waals surface area contributed by atoms with Gasteiger partial charge in [-0.2, -0.15) is 0 Å². The molecule has 3 nitrogen and oxygen atoms in total. The average molecular weight is 256 g/mol. The second-order valence-corrected chi connectivity index (χ2v) is 4.90. The normalized spacial score (nSPS) is 20.2. The minimum atomic E-state index is 0.163. The minimum absolute atomic E-state index is 0.163. The number of aromatic hydroxyl groups is 1. The van der Waals surface area contributed by atoms with Gasteiger partial charge in [-0.15, -0.1) is 0 Å². The minimum Gasteiger partial charge on any atom is -0.504 e. The van der Waals surface area contributed by atoms with Crippen LogP contribution in [-0.4, -0.2) is 25.3 Å². The van der Waals surface area contributed by atoms with E-state index in [2.05, 4.69) is 5.32 Å². The Bertz CT molecular complexity index is 389. The van der Waals surface area contributed by atoms with Crippen molar-refractivity contribution in [2.45, 2.75) is 19.3 Å². The highest BCUT2D eigenvalue weighted by Crippen LogP contribution is 2.37. The van der Waals surface area contributed by atoms with E-state index < -0.39 is 0 Å². The van der Waals surface area contributed by atoms with E-state index in [9.17, 15) is 5.11 Å². The summed E-state index contributed by atoms with van der Waals surface area (Å²) in [6.45, 7) is 2.11. The Labute approximate surface area is 107 Å². The van der Waals surface area contributed by atoms with Crippen LogP contribution in [0.25, 0.3) is 0 Å². The third-order valence-electron chi connectivity index (χ3n) is 3.28. The average Bonchev–Trinajstić information content (AvgIpc) is 2.35. The third-order valence-corrected chi connectivity index (χ3v) is 3.63. The van der Waals surface area contributed by atoms with Gasteiger partial charge in [0.25, 0.3) is 0 Å². The van der Waals surface area contributed by atoms with E-state index in [0.29, 0.717) is 16.7 Å². The first-order chi connectivity index (χ1) is 8.22. The zero-order valence-electron chi connectivity index (χ0n) is 10.0. The van der Waals surface area contributed by atoms with Crippen LogP contribution in [0.2, 0.25) is 5.02 Å². The number of hydrogen-bond donors (Lipinski definition) is 2. The number of benzene rings is 1. The van der Waals surface area contributed by atoms with Gasteiger partial charge in [0.2, 0.25) is 0 Å². The Morgan fingerprint density at radius 3 is 3.00 bits per heavy atom. The molecule has 0 radical (unpaired) electrons. The number of halogens is 1. The van der Waals surface area contributed by atoms with E-state index in [1.807, 2.05) is 0 Å². The summed E-state index contributed by atoms with van der Waals surface area (Å²) in [6, 6.07) is 3.30. The molecular formula is C13H18ClNO2. The molecule has 1 atom stereocenters. The fourth-order valence-corrected chi connectivity index (χ4v) is 2.62. The van der Waals surface area contributed by atoms with Crippen LogP contribution in [0.3, 0.4) is 0 Å². The molecule has 0 aliphatic carbocycles. The van der Waals surface area contributed by atoms with E-state index in [-0.39, 0.29) is 5.75 Å². The molecule has 0 bridgehead atoms. The maximum atomic E-state index is 9.75. The summed E-state index contributed by atoms with van der Waals surface area (Å²) in [5, 5.41) is 13.8. The molecule has 94 valence electrons. The Hall–Kier alpha value is -0.930. The largest absolute Gasteiger partial charge is 0.504 e. The molecule has 2 N–H and O–H groups in total. The molecule has 1 heterocycles. The van der Waals surface area contributed by atoms with Crippen LogP contribution >= 0.6 is 11.6 Å². The van der Waals surface area contributed by atoms with E-state index in [1.165, 1.54) is 12.8 Å². The van der Waals surface area contributed by atoms with E-state index in [1.54, 1.807) is 19.2 Å². The number of ether oxygens (including phenoxy) is 1. The summed E-state index contributed by atoms with van der Waals surface area (Å²) in [6.07, 6.45) is 3.25. The molecule has 1 fully saturated rings. The molecule has 1 unspecified atom stereocenters. The van der Waals surface area contributed by atoms with Crippen molar-refractivity contribution in [1.29, 1.82) is 0 Å². The van der Waals surface area contributed by atoms with Crippen LogP contribution in [0.15, 0.2) is 12.1 Å². The lowest BCUT2D eigenvalue weighted by molar-refractivity contribution is 0.350. The van der Waals surface area contributed by atoms with Crippen LogP contribution in [0.1, 0.15) is 18.4 Å². The van der Waals surface area contributed by atoms with E-state index in [4.69, 9.17) is 16.3 Å². The molecule has 2 rings (SSSR count). The van der Waals surface area contributed by atoms with Crippen molar-refractivity contribution in [3.63, 3.8) is 0 Å². The first kappa shape index (κ1) is 12.5. The van der Waals surface area contributed by atoms with Gasteiger partial charge < -0.3 is 15.2 Å². The van der Waals surface area contributed by atoms with Gasteiger partial charge in [-0.1, -0.05) is 11.6 Å². The first-order valence-corrected chi connectivity index (χ1v) is 6.35. The smallest absolute Gasteiger partial charge is 0.165 e. The summed E-state index contributed by atoms with van der Waals surface area (Å²) < 4.78 is 5.24. The van der Waals surface area contributed by atoms with Gasteiger partial charge in [-0.25, -0.2) is 0 Å². The van der Waals surface area contributed by atoms with Gasteiger partial charge in [0.05, 0.1) is 7.11 Å². The summed E-state index contributed by atoms with van der Waals surface area (Å²) in [5.41, 5.74) is 0.919. The van der Waals surface area contributed by atoms with Crippen molar-refractivity contribution >= 4 is 11.6 Å². The van der Waals surface area contributed by atoms with Gasteiger partial charge >= 0.3 is 0 Å². The highest BCUT2D eigenvalue weighted by atomic mass is 35.5.